The molecule has 1 N–H and O–H groups in total. The van der Waals surface area contributed by atoms with Gasteiger partial charge < -0.3 is 5.32 Å². The van der Waals surface area contributed by atoms with E-state index in [9.17, 15) is 0 Å². The van der Waals surface area contributed by atoms with Crippen molar-refractivity contribution in [3.05, 3.63) is 12.5 Å². The van der Waals surface area contributed by atoms with E-state index in [0.29, 0.717) is 11.5 Å². The summed E-state index contributed by atoms with van der Waals surface area (Å²) in [5.41, 5.74) is 1.20. The molecule has 1 fully saturated rings. The number of aryl methyl sites for hydroxylation is 1. The molecule has 0 aromatic carbocycles. The number of hydrogen-bond donors (Lipinski definition) is 1. The Balaban J connectivity index is 1.93. The Kier molecular flexibility index (Phi) is 2.92. The van der Waals surface area contributed by atoms with Crippen molar-refractivity contribution in [2.75, 3.05) is 5.32 Å². The van der Waals surface area contributed by atoms with Gasteiger partial charge >= 0.3 is 0 Å². The fraction of sp³-hybridized carbons (Fsp3) is 0.643. The fourth-order valence-corrected chi connectivity index (χ4v) is 3.00. The highest BCUT2D eigenvalue weighted by molar-refractivity contribution is 5.86. The minimum atomic E-state index is 0.317. The lowest BCUT2D eigenvalue weighted by molar-refractivity contribution is 0.217. The molecule has 0 amide bonds. The molecule has 2 aromatic rings. The zero-order valence-corrected chi connectivity index (χ0v) is 11.8. The van der Waals surface area contributed by atoms with E-state index in [-0.39, 0.29) is 0 Å². The number of rotatable bonds is 2. The lowest BCUT2D eigenvalue weighted by Gasteiger charge is -2.39. The van der Waals surface area contributed by atoms with Gasteiger partial charge in [-0.3, -0.25) is 4.68 Å². The molecule has 5 nitrogen and oxygen atoms in total. The van der Waals surface area contributed by atoms with E-state index in [2.05, 4.69) is 34.2 Å². The molecule has 3 rings (SSSR count). The summed E-state index contributed by atoms with van der Waals surface area (Å²) in [5.74, 6) is 0.915. The Morgan fingerprint density at radius 3 is 2.95 bits per heavy atom. The van der Waals surface area contributed by atoms with Crippen LogP contribution in [0.3, 0.4) is 0 Å². The second-order valence-electron chi connectivity index (χ2n) is 6.16. The van der Waals surface area contributed by atoms with Gasteiger partial charge in [0, 0.05) is 13.1 Å². The van der Waals surface area contributed by atoms with Crippen molar-refractivity contribution < 1.29 is 0 Å². The van der Waals surface area contributed by atoms with Crippen LogP contribution in [0.1, 0.15) is 39.5 Å². The summed E-state index contributed by atoms with van der Waals surface area (Å²) in [4.78, 5) is 8.68. The molecule has 1 aliphatic rings. The van der Waals surface area contributed by atoms with Crippen LogP contribution in [-0.2, 0) is 7.05 Å². The highest BCUT2D eigenvalue weighted by Gasteiger charge is 2.32. The number of fused-ring (bicyclic) bond motifs is 1. The normalized spacial score (nSPS) is 22.6. The molecule has 102 valence electrons. The summed E-state index contributed by atoms with van der Waals surface area (Å²) < 4.78 is 1.79. The number of nitrogens with zero attached hydrogens (tertiary/aromatic N) is 4. The highest BCUT2D eigenvalue weighted by Crippen LogP contribution is 2.37. The summed E-state index contributed by atoms with van der Waals surface area (Å²) in [6, 6.07) is 0.472. The minimum Gasteiger partial charge on any atom is -0.366 e. The summed E-state index contributed by atoms with van der Waals surface area (Å²) >= 11 is 0. The zero-order chi connectivity index (χ0) is 13.5. The molecule has 0 radical (unpaired) electrons. The lowest BCUT2D eigenvalue weighted by Crippen LogP contribution is -2.39. The Hall–Kier alpha value is -1.65. The number of nitrogens with one attached hydrogen (secondary N) is 1. The molecule has 0 saturated heterocycles. The molecule has 19 heavy (non-hydrogen) atoms. The van der Waals surface area contributed by atoms with Crippen molar-refractivity contribution in [3.63, 3.8) is 0 Å². The van der Waals surface area contributed by atoms with Crippen LogP contribution in [0.25, 0.3) is 11.0 Å². The van der Waals surface area contributed by atoms with Crippen LogP contribution in [-0.4, -0.2) is 25.8 Å². The van der Waals surface area contributed by atoms with Crippen molar-refractivity contribution in [2.24, 2.45) is 12.5 Å². The molecule has 2 aromatic heterocycles. The van der Waals surface area contributed by atoms with Crippen molar-refractivity contribution >= 4 is 16.9 Å². The van der Waals surface area contributed by atoms with Crippen LogP contribution in [0.5, 0.6) is 0 Å². The van der Waals surface area contributed by atoms with Gasteiger partial charge in [0.15, 0.2) is 5.65 Å². The van der Waals surface area contributed by atoms with Crippen molar-refractivity contribution in [2.45, 2.75) is 45.6 Å². The first-order chi connectivity index (χ1) is 9.08. The first kappa shape index (κ1) is 12.4. The van der Waals surface area contributed by atoms with E-state index in [1.165, 1.54) is 25.7 Å². The molecule has 0 bridgehead atoms. The van der Waals surface area contributed by atoms with Crippen molar-refractivity contribution in [1.29, 1.82) is 0 Å². The van der Waals surface area contributed by atoms with Crippen molar-refractivity contribution in [1.82, 2.24) is 19.7 Å². The van der Waals surface area contributed by atoms with E-state index in [4.69, 9.17) is 0 Å². The summed E-state index contributed by atoms with van der Waals surface area (Å²) in [6.07, 6.45) is 8.56. The molecule has 0 spiro atoms. The third-order valence-electron chi connectivity index (χ3n) is 4.35. The van der Waals surface area contributed by atoms with E-state index >= 15 is 0 Å². The van der Waals surface area contributed by atoms with E-state index < -0.39 is 0 Å². The molecule has 1 saturated carbocycles. The van der Waals surface area contributed by atoms with Gasteiger partial charge in [0.1, 0.15) is 12.1 Å². The largest absolute Gasteiger partial charge is 0.366 e. The average Bonchev–Trinajstić information content (AvgIpc) is 2.75. The molecule has 2 heterocycles. The second kappa shape index (κ2) is 4.47. The lowest BCUT2D eigenvalue weighted by atomic mass is 9.73. The third kappa shape index (κ3) is 2.17. The Labute approximate surface area is 113 Å². The van der Waals surface area contributed by atoms with Gasteiger partial charge in [0.05, 0.1) is 11.6 Å². The van der Waals surface area contributed by atoms with Crippen LogP contribution in [0.2, 0.25) is 0 Å². The molecule has 1 atom stereocenters. The van der Waals surface area contributed by atoms with Crippen LogP contribution in [0.15, 0.2) is 12.5 Å². The second-order valence-corrected chi connectivity index (χ2v) is 6.16. The molecule has 5 heteroatoms. The molecular formula is C14H21N5. The molecular weight excluding hydrogens is 238 g/mol. The molecule has 1 unspecified atom stereocenters. The highest BCUT2D eigenvalue weighted by atomic mass is 15.3. The number of aromatic nitrogens is 4. The van der Waals surface area contributed by atoms with E-state index in [1.807, 2.05) is 13.2 Å². The number of hydrogen-bond acceptors (Lipinski definition) is 4. The smallest absolute Gasteiger partial charge is 0.163 e. The Morgan fingerprint density at radius 2 is 2.16 bits per heavy atom. The van der Waals surface area contributed by atoms with Gasteiger partial charge in [-0.1, -0.05) is 26.7 Å². The van der Waals surface area contributed by atoms with E-state index in [1.54, 1.807) is 11.0 Å². The predicted molar refractivity (Wildman–Crippen MR) is 76.0 cm³/mol. The van der Waals surface area contributed by atoms with Crippen LogP contribution in [0.4, 0.5) is 5.82 Å². The molecule has 0 aliphatic heterocycles. The van der Waals surface area contributed by atoms with Crippen LogP contribution >= 0.6 is 0 Å². The van der Waals surface area contributed by atoms with Crippen molar-refractivity contribution in [3.8, 4) is 0 Å². The summed E-state index contributed by atoms with van der Waals surface area (Å²) in [6.45, 7) is 4.68. The van der Waals surface area contributed by atoms with Gasteiger partial charge in [-0.05, 0) is 18.3 Å². The van der Waals surface area contributed by atoms with Crippen LogP contribution in [0, 0.1) is 5.41 Å². The average molecular weight is 259 g/mol. The monoisotopic (exact) mass is 259 g/mol. The molecule has 1 aliphatic carbocycles. The maximum atomic E-state index is 4.40. The maximum absolute atomic E-state index is 4.40. The van der Waals surface area contributed by atoms with Gasteiger partial charge in [-0.15, -0.1) is 0 Å². The minimum absolute atomic E-state index is 0.317. The SMILES string of the molecule is Cn1ncc2c(NC3CCCCC3(C)C)ncnc21. The number of anilines is 1. The summed E-state index contributed by atoms with van der Waals surface area (Å²) in [5, 5.41) is 8.89. The van der Waals surface area contributed by atoms with Gasteiger partial charge in [0.2, 0.25) is 0 Å². The quantitative estimate of drug-likeness (QED) is 0.901. The Bertz CT molecular complexity index is 587. The van der Waals surface area contributed by atoms with E-state index in [0.717, 1.165) is 16.9 Å². The third-order valence-corrected chi connectivity index (χ3v) is 4.35. The maximum Gasteiger partial charge on any atom is 0.163 e. The predicted octanol–water partition coefficient (Wildman–Crippen LogP) is 2.74. The topological polar surface area (TPSA) is 55.6 Å². The first-order valence-electron chi connectivity index (χ1n) is 6.97. The Morgan fingerprint density at radius 1 is 1.32 bits per heavy atom. The zero-order valence-electron chi connectivity index (χ0n) is 11.8. The van der Waals surface area contributed by atoms with Crippen LogP contribution < -0.4 is 5.32 Å². The fourth-order valence-electron chi connectivity index (χ4n) is 3.00. The first-order valence-corrected chi connectivity index (χ1v) is 6.97. The van der Waals surface area contributed by atoms with Gasteiger partial charge in [-0.2, -0.15) is 5.10 Å². The standard InChI is InChI=1S/C14H21N5/c1-14(2)7-5-4-6-11(14)18-12-10-8-17-19(3)13(10)16-9-15-12/h8-9,11H,4-7H2,1-3H3,(H,15,16,18). The summed E-state index contributed by atoms with van der Waals surface area (Å²) in [7, 11) is 1.91. The van der Waals surface area contributed by atoms with Gasteiger partial charge in [0.25, 0.3) is 0 Å². The van der Waals surface area contributed by atoms with Gasteiger partial charge in [-0.25, -0.2) is 9.97 Å².